The van der Waals surface area contributed by atoms with Gasteiger partial charge in [-0.25, -0.2) is 13.1 Å². The Hall–Kier alpha value is -1.96. The van der Waals surface area contributed by atoms with Crippen LogP contribution in [0, 0.1) is 0 Å². The summed E-state index contributed by atoms with van der Waals surface area (Å²) in [7, 11) is -2.07. The van der Waals surface area contributed by atoms with Gasteiger partial charge in [0.25, 0.3) is 0 Å². The fourth-order valence-corrected chi connectivity index (χ4v) is 3.31. The largest absolute Gasteiger partial charge is 0.352 e. The van der Waals surface area contributed by atoms with Crippen molar-refractivity contribution in [3.8, 4) is 0 Å². The number of thiophene rings is 1. The van der Waals surface area contributed by atoms with Gasteiger partial charge in [-0.1, -0.05) is 18.2 Å². The molecule has 7 heteroatoms. The van der Waals surface area contributed by atoms with Gasteiger partial charge in [0.2, 0.25) is 15.9 Å². The molecule has 2 aromatic rings. The third-order valence-corrected chi connectivity index (χ3v) is 5.50. The molecule has 2 N–H and O–H groups in total. The fraction of sp³-hybridized carbons (Fsp3) is 0.188. The highest BCUT2D eigenvalue weighted by Gasteiger charge is 2.09. The second-order valence-electron chi connectivity index (χ2n) is 4.73. The van der Waals surface area contributed by atoms with E-state index in [0.29, 0.717) is 6.54 Å². The van der Waals surface area contributed by atoms with Crippen LogP contribution in [0.15, 0.2) is 52.7 Å². The van der Waals surface area contributed by atoms with E-state index in [1.165, 1.54) is 30.1 Å². The second kappa shape index (κ2) is 8.05. The first-order valence-electron chi connectivity index (χ1n) is 7.03. The lowest BCUT2D eigenvalue weighted by Gasteiger charge is -2.02. The Labute approximate surface area is 140 Å². The van der Waals surface area contributed by atoms with E-state index >= 15 is 0 Å². The van der Waals surface area contributed by atoms with Gasteiger partial charge in [-0.15, -0.1) is 11.3 Å². The number of amides is 1. The van der Waals surface area contributed by atoms with Crippen molar-refractivity contribution in [2.45, 2.75) is 11.3 Å². The van der Waals surface area contributed by atoms with Crippen LogP contribution in [0.2, 0.25) is 0 Å². The van der Waals surface area contributed by atoms with E-state index in [1.54, 1.807) is 29.5 Å². The molecule has 5 nitrogen and oxygen atoms in total. The highest BCUT2D eigenvalue weighted by atomic mass is 32.2. The summed E-state index contributed by atoms with van der Waals surface area (Å²) in [6.45, 7) is 0.586. The minimum atomic E-state index is -3.43. The van der Waals surface area contributed by atoms with E-state index in [0.717, 1.165) is 12.0 Å². The maximum atomic E-state index is 11.7. The minimum absolute atomic E-state index is 0.173. The van der Waals surface area contributed by atoms with Crippen LogP contribution >= 0.6 is 11.3 Å². The van der Waals surface area contributed by atoms with Crippen molar-refractivity contribution < 1.29 is 13.2 Å². The Balaban J connectivity index is 1.85. The second-order valence-corrected chi connectivity index (χ2v) is 7.65. The molecule has 0 aliphatic carbocycles. The lowest BCUT2D eigenvalue weighted by molar-refractivity contribution is -0.116. The third kappa shape index (κ3) is 5.31. The van der Waals surface area contributed by atoms with Crippen molar-refractivity contribution in [2.75, 3.05) is 13.6 Å². The summed E-state index contributed by atoms with van der Waals surface area (Å²) in [6.07, 6.45) is 3.90. The highest BCUT2D eigenvalue weighted by molar-refractivity contribution is 7.89. The first kappa shape index (κ1) is 17.4. The molecule has 1 heterocycles. The van der Waals surface area contributed by atoms with E-state index < -0.39 is 10.0 Å². The molecular formula is C16H18N2O3S2. The maximum absolute atomic E-state index is 11.7. The number of benzene rings is 1. The van der Waals surface area contributed by atoms with E-state index in [-0.39, 0.29) is 10.8 Å². The maximum Gasteiger partial charge on any atom is 0.244 e. The number of nitrogens with one attached hydrogen (secondary N) is 2. The van der Waals surface area contributed by atoms with Crippen LogP contribution in [0.4, 0.5) is 0 Å². The minimum Gasteiger partial charge on any atom is -0.352 e. The van der Waals surface area contributed by atoms with Crippen molar-refractivity contribution >= 4 is 33.3 Å². The van der Waals surface area contributed by atoms with Gasteiger partial charge in [0, 0.05) is 17.5 Å². The molecule has 0 saturated heterocycles. The Kier molecular flexibility index (Phi) is 6.09. The molecule has 1 aromatic carbocycles. The van der Waals surface area contributed by atoms with Crippen LogP contribution in [-0.2, 0) is 21.2 Å². The molecule has 0 saturated carbocycles. The van der Waals surface area contributed by atoms with Crippen LogP contribution in [-0.4, -0.2) is 27.9 Å². The number of hydrogen-bond acceptors (Lipinski definition) is 4. The number of carbonyl (C=O) groups excluding carboxylic acids is 1. The molecule has 0 atom stereocenters. The first-order valence-corrected chi connectivity index (χ1v) is 9.39. The quantitative estimate of drug-likeness (QED) is 0.750. The van der Waals surface area contributed by atoms with Gasteiger partial charge in [-0.2, -0.15) is 0 Å². The van der Waals surface area contributed by atoms with Crippen LogP contribution in [0.3, 0.4) is 0 Å². The summed E-state index contributed by atoms with van der Waals surface area (Å²) in [5.41, 5.74) is 0.758. The van der Waals surface area contributed by atoms with Crippen molar-refractivity contribution in [3.05, 3.63) is 58.3 Å². The lowest BCUT2D eigenvalue weighted by Crippen LogP contribution is -2.23. The van der Waals surface area contributed by atoms with Gasteiger partial charge in [0.1, 0.15) is 0 Å². The third-order valence-electron chi connectivity index (χ3n) is 3.14. The molecule has 122 valence electrons. The molecule has 1 amide bonds. The molecule has 23 heavy (non-hydrogen) atoms. The number of carbonyl (C=O) groups is 1. The summed E-state index contributed by atoms with van der Waals surface area (Å²) in [5.74, 6) is -0.173. The normalized spacial score (nSPS) is 11.7. The average Bonchev–Trinajstić information content (AvgIpc) is 3.07. The van der Waals surface area contributed by atoms with Crippen molar-refractivity contribution in [3.63, 3.8) is 0 Å². The van der Waals surface area contributed by atoms with Crippen LogP contribution < -0.4 is 10.0 Å². The molecule has 0 aliphatic heterocycles. The highest BCUT2D eigenvalue weighted by Crippen LogP contribution is 2.11. The van der Waals surface area contributed by atoms with E-state index in [1.807, 2.05) is 17.5 Å². The smallest absolute Gasteiger partial charge is 0.244 e. The lowest BCUT2D eigenvalue weighted by atomic mass is 10.2. The van der Waals surface area contributed by atoms with Gasteiger partial charge < -0.3 is 5.32 Å². The van der Waals surface area contributed by atoms with Crippen molar-refractivity contribution in [2.24, 2.45) is 0 Å². The SMILES string of the molecule is CNS(=O)(=O)c1ccc(/C=C/C(=O)NCCc2cccs2)cc1. The van der Waals surface area contributed by atoms with Crippen LogP contribution in [0.25, 0.3) is 6.08 Å². The molecule has 2 rings (SSSR count). The average molecular weight is 350 g/mol. The summed E-state index contributed by atoms with van der Waals surface area (Å²) < 4.78 is 25.5. The Bertz CT molecular complexity index is 764. The Morgan fingerprint density at radius 1 is 1.22 bits per heavy atom. The summed E-state index contributed by atoms with van der Waals surface area (Å²) >= 11 is 1.67. The van der Waals surface area contributed by atoms with E-state index in [4.69, 9.17) is 0 Å². The van der Waals surface area contributed by atoms with Crippen LogP contribution in [0.1, 0.15) is 10.4 Å². The molecule has 1 aromatic heterocycles. The molecule has 0 unspecified atom stereocenters. The fourth-order valence-electron chi connectivity index (χ4n) is 1.87. The number of rotatable bonds is 7. The van der Waals surface area contributed by atoms with Gasteiger partial charge in [-0.3, -0.25) is 4.79 Å². The number of sulfonamides is 1. The van der Waals surface area contributed by atoms with E-state index in [2.05, 4.69) is 10.0 Å². The standard InChI is InChI=1S/C16H18N2O3S2/c1-17-23(20,21)15-7-4-13(5-8-15)6-9-16(19)18-11-10-14-3-2-12-22-14/h2-9,12,17H,10-11H2,1H3,(H,18,19)/b9-6+. The van der Waals surface area contributed by atoms with Gasteiger partial charge in [0.05, 0.1) is 4.90 Å². The number of hydrogen-bond donors (Lipinski definition) is 2. The van der Waals surface area contributed by atoms with E-state index in [9.17, 15) is 13.2 Å². The van der Waals surface area contributed by atoms with Gasteiger partial charge >= 0.3 is 0 Å². The first-order chi connectivity index (χ1) is 11.0. The van der Waals surface area contributed by atoms with Crippen molar-refractivity contribution in [1.82, 2.24) is 10.0 Å². The predicted molar refractivity (Wildman–Crippen MR) is 92.8 cm³/mol. The molecule has 0 fully saturated rings. The monoisotopic (exact) mass is 350 g/mol. The Morgan fingerprint density at radius 3 is 2.57 bits per heavy atom. The Morgan fingerprint density at radius 2 is 1.96 bits per heavy atom. The molecule has 0 bridgehead atoms. The summed E-state index contributed by atoms with van der Waals surface area (Å²) in [4.78, 5) is 13.1. The summed E-state index contributed by atoms with van der Waals surface area (Å²) in [5, 5.41) is 4.82. The zero-order valence-corrected chi connectivity index (χ0v) is 14.3. The van der Waals surface area contributed by atoms with Crippen LogP contribution in [0.5, 0.6) is 0 Å². The van der Waals surface area contributed by atoms with Crippen molar-refractivity contribution in [1.29, 1.82) is 0 Å². The predicted octanol–water partition coefficient (Wildman–Crippen LogP) is 2.03. The molecule has 0 aliphatic rings. The van der Waals surface area contributed by atoms with Gasteiger partial charge in [-0.05, 0) is 48.7 Å². The zero-order chi connectivity index (χ0) is 16.7. The molecular weight excluding hydrogens is 332 g/mol. The topological polar surface area (TPSA) is 75.3 Å². The summed E-state index contributed by atoms with van der Waals surface area (Å²) in [6, 6.07) is 10.3. The van der Waals surface area contributed by atoms with Gasteiger partial charge in [0.15, 0.2) is 0 Å². The molecule has 0 radical (unpaired) electrons. The molecule has 0 spiro atoms. The zero-order valence-electron chi connectivity index (χ0n) is 12.7.